The highest BCUT2D eigenvalue weighted by atomic mass is 16.5. The molecular weight excluding hydrogens is 230 g/mol. The zero-order valence-corrected chi connectivity index (χ0v) is 11.4. The summed E-state index contributed by atoms with van der Waals surface area (Å²) in [4.78, 5) is 11.0. The van der Waals surface area contributed by atoms with Crippen molar-refractivity contribution in [1.29, 1.82) is 0 Å². The fraction of sp³-hybridized carbons (Fsp3) is 0.500. The highest BCUT2D eigenvalue weighted by Crippen LogP contribution is 2.26. The van der Waals surface area contributed by atoms with Crippen LogP contribution in [0.4, 0.5) is 0 Å². The Hall–Kier alpha value is -1.55. The number of carboxylic acid groups (broad SMARTS) is 1. The smallest absolute Gasteiger partial charge is 0.312 e. The van der Waals surface area contributed by atoms with Crippen LogP contribution in [0.1, 0.15) is 32.4 Å². The molecule has 0 radical (unpaired) electrons. The van der Waals surface area contributed by atoms with Crippen molar-refractivity contribution in [2.45, 2.75) is 26.8 Å². The Kier molecular flexibility index (Phi) is 4.73. The molecule has 0 aliphatic carbocycles. The Bertz CT molecular complexity index is 415. The Morgan fingerprint density at radius 1 is 1.44 bits per heavy atom. The minimum Gasteiger partial charge on any atom is -0.492 e. The molecule has 0 amide bonds. The highest BCUT2D eigenvalue weighted by Gasteiger charge is 2.28. The molecule has 1 unspecified atom stereocenters. The molecule has 0 saturated heterocycles. The molecule has 1 aromatic carbocycles. The van der Waals surface area contributed by atoms with Gasteiger partial charge in [-0.1, -0.05) is 18.2 Å². The van der Waals surface area contributed by atoms with Crippen LogP contribution >= 0.6 is 0 Å². The van der Waals surface area contributed by atoms with E-state index in [1.807, 2.05) is 38.2 Å². The Balaban J connectivity index is 2.82. The van der Waals surface area contributed by atoms with Gasteiger partial charge >= 0.3 is 5.97 Å². The lowest BCUT2D eigenvalue weighted by molar-refractivity contribution is -0.148. The summed E-state index contributed by atoms with van der Waals surface area (Å²) >= 11 is 0. The summed E-state index contributed by atoms with van der Waals surface area (Å²) in [5, 5.41) is 12.2. The zero-order chi connectivity index (χ0) is 13.8. The van der Waals surface area contributed by atoms with Gasteiger partial charge in [-0.05, 0) is 33.9 Å². The van der Waals surface area contributed by atoms with Crippen molar-refractivity contribution in [2.75, 3.05) is 13.7 Å². The maximum absolute atomic E-state index is 11.0. The van der Waals surface area contributed by atoms with Crippen LogP contribution in [-0.4, -0.2) is 24.7 Å². The third kappa shape index (κ3) is 3.47. The Labute approximate surface area is 108 Å². The number of nitrogens with one attached hydrogen (secondary N) is 1. The summed E-state index contributed by atoms with van der Waals surface area (Å²) in [6.45, 7) is 5.49. The zero-order valence-electron chi connectivity index (χ0n) is 11.4. The number of carbonyl (C=O) groups is 1. The predicted molar refractivity (Wildman–Crippen MR) is 70.8 cm³/mol. The second-order valence-electron chi connectivity index (χ2n) is 5.03. The molecule has 1 rings (SSSR count). The molecule has 18 heavy (non-hydrogen) atoms. The molecule has 0 aliphatic heterocycles. The SMILES string of the molecule is CNC(C)c1ccccc1OCC(C)(C)C(=O)O. The fourth-order valence-electron chi connectivity index (χ4n) is 1.45. The van der Waals surface area contributed by atoms with Gasteiger partial charge in [-0.25, -0.2) is 0 Å². The van der Waals surface area contributed by atoms with Gasteiger partial charge in [-0.15, -0.1) is 0 Å². The van der Waals surface area contributed by atoms with Crippen molar-refractivity contribution in [3.8, 4) is 5.75 Å². The first-order valence-electron chi connectivity index (χ1n) is 6.01. The van der Waals surface area contributed by atoms with Crippen LogP contribution in [0.3, 0.4) is 0 Å². The van der Waals surface area contributed by atoms with Crippen molar-refractivity contribution in [3.63, 3.8) is 0 Å². The number of benzene rings is 1. The minimum absolute atomic E-state index is 0.149. The van der Waals surface area contributed by atoms with E-state index in [0.717, 1.165) is 11.3 Å². The topological polar surface area (TPSA) is 58.6 Å². The largest absolute Gasteiger partial charge is 0.492 e. The third-order valence-electron chi connectivity index (χ3n) is 2.99. The molecule has 0 bridgehead atoms. The average Bonchev–Trinajstić information content (AvgIpc) is 2.35. The molecule has 0 fully saturated rings. The molecule has 100 valence electrons. The highest BCUT2D eigenvalue weighted by molar-refractivity contribution is 5.73. The number of hydrogen-bond donors (Lipinski definition) is 2. The van der Waals surface area contributed by atoms with Gasteiger partial charge in [-0.2, -0.15) is 0 Å². The second kappa shape index (κ2) is 5.87. The molecule has 2 N–H and O–H groups in total. The number of aliphatic carboxylic acids is 1. The lowest BCUT2D eigenvalue weighted by Crippen LogP contribution is -2.31. The molecule has 0 spiro atoms. The van der Waals surface area contributed by atoms with Crippen molar-refractivity contribution >= 4 is 5.97 Å². The van der Waals surface area contributed by atoms with E-state index in [0.29, 0.717) is 0 Å². The summed E-state index contributed by atoms with van der Waals surface area (Å²) in [5.41, 5.74) is 0.136. The molecular formula is C14H21NO3. The van der Waals surface area contributed by atoms with Crippen LogP contribution in [0.25, 0.3) is 0 Å². The van der Waals surface area contributed by atoms with E-state index in [-0.39, 0.29) is 12.6 Å². The standard InChI is InChI=1S/C14H21NO3/c1-10(15-4)11-7-5-6-8-12(11)18-9-14(2,3)13(16)17/h5-8,10,15H,9H2,1-4H3,(H,16,17). The van der Waals surface area contributed by atoms with E-state index in [4.69, 9.17) is 9.84 Å². The Morgan fingerprint density at radius 3 is 2.61 bits per heavy atom. The number of ether oxygens (including phenoxy) is 1. The van der Waals surface area contributed by atoms with Crippen molar-refractivity contribution in [1.82, 2.24) is 5.32 Å². The van der Waals surface area contributed by atoms with E-state index in [1.165, 1.54) is 0 Å². The first-order valence-corrected chi connectivity index (χ1v) is 6.01. The van der Waals surface area contributed by atoms with E-state index in [9.17, 15) is 4.79 Å². The normalized spacial score (nSPS) is 13.1. The second-order valence-corrected chi connectivity index (χ2v) is 5.03. The lowest BCUT2D eigenvalue weighted by atomic mass is 9.95. The number of hydrogen-bond acceptors (Lipinski definition) is 3. The van der Waals surface area contributed by atoms with E-state index < -0.39 is 11.4 Å². The number of carboxylic acids is 1. The van der Waals surface area contributed by atoms with Crippen LogP contribution < -0.4 is 10.1 Å². The summed E-state index contributed by atoms with van der Waals surface area (Å²) in [7, 11) is 1.88. The number of para-hydroxylation sites is 1. The quantitative estimate of drug-likeness (QED) is 0.815. The van der Waals surface area contributed by atoms with E-state index >= 15 is 0 Å². The van der Waals surface area contributed by atoms with Gasteiger partial charge in [0.1, 0.15) is 12.4 Å². The van der Waals surface area contributed by atoms with Crippen molar-refractivity contribution in [2.24, 2.45) is 5.41 Å². The maximum atomic E-state index is 11.0. The monoisotopic (exact) mass is 251 g/mol. The van der Waals surface area contributed by atoms with Crippen LogP contribution in [0.5, 0.6) is 5.75 Å². The molecule has 0 aliphatic rings. The van der Waals surface area contributed by atoms with Gasteiger partial charge in [0.15, 0.2) is 0 Å². The Morgan fingerprint density at radius 2 is 2.06 bits per heavy atom. The van der Waals surface area contributed by atoms with E-state index in [1.54, 1.807) is 13.8 Å². The van der Waals surface area contributed by atoms with Crippen LogP contribution in [0, 0.1) is 5.41 Å². The van der Waals surface area contributed by atoms with Crippen molar-refractivity contribution < 1.29 is 14.6 Å². The first kappa shape index (κ1) is 14.5. The van der Waals surface area contributed by atoms with Gasteiger partial charge in [0.05, 0.1) is 5.41 Å². The first-order chi connectivity index (χ1) is 8.38. The van der Waals surface area contributed by atoms with Gasteiger partial charge in [0.25, 0.3) is 0 Å². The molecule has 4 heteroatoms. The summed E-state index contributed by atoms with van der Waals surface area (Å²) < 4.78 is 5.67. The predicted octanol–water partition coefficient (Wildman–Crippen LogP) is 2.46. The minimum atomic E-state index is -0.893. The molecule has 4 nitrogen and oxygen atoms in total. The fourth-order valence-corrected chi connectivity index (χ4v) is 1.45. The van der Waals surface area contributed by atoms with Gasteiger partial charge in [0.2, 0.25) is 0 Å². The van der Waals surface area contributed by atoms with E-state index in [2.05, 4.69) is 5.32 Å². The summed E-state index contributed by atoms with van der Waals surface area (Å²) in [6.07, 6.45) is 0. The van der Waals surface area contributed by atoms with Gasteiger partial charge < -0.3 is 15.2 Å². The molecule has 1 atom stereocenters. The molecule has 0 heterocycles. The van der Waals surface area contributed by atoms with Crippen molar-refractivity contribution in [3.05, 3.63) is 29.8 Å². The van der Waals surface area contributed by atoms with Crippen LogP contribution in [0.2, 0.25) is 0 Å². The maximum Gasteiger partial charge on any atom is 0.312 e. The number of rotatable bonds is 6. The molecule has 1 aromatic rings. The lowest BCUT2D eigenvalue weighted by Gasteiger charge is -2.22. The van der Waals surface area contributed by atoms with Crippen LogP contribution in [0.15, 0.2) is 24.3 Å². The van der Waals surface area contributed by atoms with Crippen LogP contribution in [-0.2, 0) is 4.79 Å². The third-order valence-corrected chi connectivity index (χ3v) is 2.99. The molecule has 0 aromatic heterocycles. The average molecular weight is 251 g/mol. The van der Waals surface area contributed by atoms with Gasteiger partial charge in [0, 0.05) is 11.6 Å². The summed E-state index contributed by atoms with van der Waals surface area (Å²) in [5.74, 6) is -0.129. The van der Waals surface area contributed by atoms with Gasteiger partial charge in [-0.3, -0.25) is 4.79 Å². The molecule has 0 saturated carbocycles. The summed E-state index contributed by atoms with van der Waals surface area (Å²) in [6, 6.07) is 7.83.